The van der Waals surface area contributed by atoms with Gasteiger partial charge in [-0.05, 0) is 12.8 Å². The van der Waals surface area contributed by atoms with Gasteiger partial charge in [-0.25, -0.2) is 9.59 Å². The molecule has 0 aliphatic carbocycles. The number of likely N-dealkylation sites (N-methyl/N-ethyl adjacent to an activating group) is 2. The Morgan fingerprint density at radius 3 is 0.952 bits per heavy atom. The molecule has 6 nitrogen and oxygen atoms in total. The van der Waals surface area contributed by atoms with Crippen LogP contribution in [-0.4, -0.2) is 88.5 Å². The van der Waals surface area contributed by atoms with E-state index in [0.29, 0.717) is 35.3 Å². The quantitative estimate of drug-likeness (QED) is 0.0454. The van der Waals surface area contributed by atoms with Crippen LogP contribution in [0.3, 0.4) is 0 Å². The molecule has 0 atom stereocenters. The predicted molar refractivity (Wildman–Crippen MR) is 179 cm³/mol. The molecule has 0 spiro atoms. The number of carbonyl (C=O) groups is 2. The molecule has 0 unspecified atom stereocenters. The number of rotatable bonds is 31. The van der Waals surface area contributed by atoms with Gasteiger partial charge in [-0.15, -0.1) is 0 Å². The second-order valence-electron chi connectivity index (χ2n) is 14.1. The highest BCUT2D eigenvalue weighted by Gasteiger charge is 2.24. The van der Waals surface area contributed by atoms with E-state index in [1.807, 2.05) is 0 Å². The SMILES string of the molecule is CCCCCCCCCCCCOC(=O)C[N+](C)(C)CCCC[N+](C)(C)CC(=O)OCCCCCCCCCCCC. The molecule has 6 heteroatoms. The lowest BCUT2D eigenvalue weighted by atomic mass is 10.1. The molecular weight excluding hydrogens is 524 g/mol. The van der Waals surface area contributed by atoms with Crippen molar-refractivity contribution in [2.75, 3.05) is 67.6 Å². The summed E-state index contributed by atoms with van der Waals surface area (Å²) in [6.45, 7) is 8.32. The van der Waals surface area contributed by atoms with Crippen molar-refractivity contribution in [3.8, 4) is 0 Å². The minimum atomic E-state index is -0.0859. The van der Waals surface area contributed by atoms with Crippen LogP contribution in [0.2, 0.25) is 0 Å². The van der Waals surface area contributed by atoms with E-state index in [-0.39, 0.29) is 11.9 Å². The number of unbranched alkanes of at least 4 members (excludes halogenated alkanes) is 19. The smallest absolute Gasteiger partial charge is 0.361 e. The lowest BCUT2D eigenvalue weighted by molar-refractivity contribution is -0.889. The maximum Gasteiger partial charge on any atom is 0.361 e. The van der Waals surface area contributed by atoms with Crippen molar-refractivity contribution in [1.82, 2.24) is 0 Å². The Morgan fingerprint density at radius 2 is 0.667 bits per heavy atom. The van der Waals surface area contributed by atoms with E-state index in [1.54, 1.807) is 0 Å². The Balaban J connectivity index is 3.78. The molecule has 0 amide bonds. The van der Waals surface area contributed by atoms with Gasteiger partial charge in [0.05, 0.1) is 54.5 Å². The van der Waals surface area contributed by atoms with Crippen LogP contribution >= 0.6 is 0 Å². The molecule has 0 aromatic rings. The Labute approximate surface area is 262 Å². The number of ether oxygens (including phenoxy) is 2. The maximum absolute atomic E-state index is 12.4. The normalized spacial score (nSPS) is 12.0. The van der Waals surface area contributed by atoms with E-state index in [4.69, 9.17) is 9.47 Å². The summed E-state index contributed by atoms with van der Waals surface area (Å²) in [5.74, 6) is -0.172. The van der Waals surface area contributed by atoms with Crippen molar-refractivity contribution < 1.29 is 28.0 Å². The molecule has 0 aliphatic rings. The fraction of sp³-hybridized carbons (Fsp3) is 0.944. The molecule has 42 heavy (non-hydrogen) atoms. The largest absolute Gasteiger partial charge is 0.462 e. The van der Waals surface area contributed by atoms with Crippen LogP contribution in [0.1, 0.15) is 155 Å². The number of hydrogen-bond donors (Lipinski definition) is 0. The summed E-state index contributed by atoms with van der Waals surface area (Å²) in [6, 6.07) is 0. The summed E-state index contributed by atoms with van der Waals surface area (Å²) in [6.07, 6.45) is 27.7. The second kappa shape index (κ2) is 27.4. The minimum absolute atomic E-state index is 0.0859. The minimum Gasteiger partial charge on any atom is -0.462 e. The third-order valence-electron chi connectivity index (χ3n) is 8.41. The van der Waals surface area contributed by atoms with Gasteiger partial charge in [-0.3, -0.25) is 0 Å². The van der Waals surface area contributed by atoms with Crippen LogP contribution in [0.4, 0.5) is 0 Å². The number of quaternary nitrogens is 2. The average Bonchev–Trinajstić information content (AvgIpc) is 2.92. The van der Waals surface area contributed by atoms with Crippen LogP contribution < -0.4 is 0 Å². The van der Waals surface area contributed by atoms with Gasteiger partial charge in [0.15, 0.2) is 13.1 Å². The predicted octanol–water partition coefficient (Wildman–Crippen LogP) is 8.85. The molecule has 0 bridgehead atoms. The van der Waals surface area contributed by atoms with Crippen molar-refractivity contribution in [2.24, 2.45) is 0 Å². The molecule has 0 aromatic heterocycles. The van der Waals surface area contributed by atoms with E-state index in [1.165, 1.54) is 103 Å². The fourth-order valence-electron chi connectivity index (χ4n) is 5.58. The Kier molecular flexibility index (Phi) is 26.7. The number of carbonyl (C=O) groups excluding carboxylic acids is 2. The van der Waals surface area contributed by atoms with Crippen molar-refractivity contribution in [3.63, 3.8) is 0 Å². The standard InChI is InChI=1S/C36H74N2O4/c1-7-9-11-13-15-17-19-21-23-27-31-41-35(39)33-37(3,4)29-25-26-30-38(5,6)34-36(40)42-32-28-24-22-20-18-16-14-12-10-8-2/h7-34H2,1-6H3/q+2. The summed E-state index contributed by atoms with van der Waals surface area (Å²) in [4.78, 5) is 24.7. The van der Waals surface area contributed by atoms with Gasteiger partial charge in [-0.2, -0.15) is 0 Å². The van der Waals surface area contributed by atoms with Crippen molar-refractivity contribution in [2.45, 2.75) is 155 Å². The monoisotopic (exact) mass is 599 g/mol. The molecule has 250 valence electrons. The van der Waals surface area contributed by atoms with Crippen LogP contribution in [0.5, 0.6) is 0 Å². The van der Waals surface area contributed by atoms with Crippen LogP contribution in [0.25, 0.3) is 0 Å². The molecule has 0 rings (SSSR count). The first-order valence-corrected chi connectivity index (χ1v) is 18.1. The lowest BCUT2D eigenvalue weighted by Gasteiger charge is -2.31. The molecular formula is C36H74N2O4+2. The van der Waals surface area contributed by atoms with Crippen LogP contribution in [0, 0.1) is 0 Å². The highest BCUT2D eigenvalue weighted by Crippen LogP contribution is 2.12. The van der Waals surface area contributed by atoms with Gasteiger partial charge >= 0.3 is 11.9 Å². The summed E-state index contributed by atoms with van der Waals surface area (Å²) in [7, 11) is 8.42. The molecule has 0 aromatic carbocycles. The van der Waals surface area contributed by atoms with E-state index in [2.05, 4.69) is 42.0 Å². The number of hydrogen-bond acceptors (Lipinski definition) is 4. The average molecular weight is 599 g/mol. The zero-order valence-electron chi connectivity index (χ0n) is 29.3. The van der Waals surface area contributed by atoms with Gasteiger partial charge in [0.1, 0.15) is 0 Å². The van der Waals surface area contributed by atoms with E-state index in [9.17, 15) is 9.59 Å². The highest BCUT2D eigenvalue weighted by atomic mass is 16.5. The zero-order chi connectivity index (χ0) is 31.4. The highest BCUT2D eigenvalue weighted by molar-refractivity contribution is 5.70. The van der Waals surface area contributed by atoms with Crippen LogP contribution in [-0.2, 0) is 19.1 Å². The van der Waals surface area contributed by atoms with E-state index < -0.39 is 0 Å². The van der Waals surface area contributed by atoms with Crippen molar-refractivity contribution in [3.05, 3.63) is 0 Å². The van der Waals surface area contributed by atoms with Crippen LogP contribution in [0.15, 0.2) is 0 Å². The molecule has 0 heterocycles. The first-order valence-electron chi connectivity index (χ1n) is 18.1. The topological polar surface area (TPSA) is 52.6 Å². The molecule has 0 fully saturated rings. The number of esters is 2. The molecule has 0 N–H and O–H groups in total. The first kappa shape index (κ1) is 40.9. The molecule has 0 aliphatic heterocycles. The lowest BCUT2D eigenvalue weighted by Crippen LogP contribution is -2.47. The second-order valence-corrected chi connectivity index (χ2v) is 14.1. The fourth-order valence-corrected chi connectivity index (χ4v) is 5.58. The van der Waals surface area contributed by atoms with E-state index >= 15 is 0 Å². The van der Waals surface area contributed by atoms with Gasteiger partial charge in [0.25, 0.3) is 0 Å². The first-order chi connectivity index (χ1) is 20.1. The summed E-state index contributed by atoms with van der Waals surface area (Å²) >= 11 is 0. The summed E-state index contributed by atoms with van der Waals surface area (Å²) in [5.41, 5.74) is 0. The Morgan fingerprint density at radius 1 is 0.405 bits per heavy atom. The third-order valence-corrected chi connectivity index (χ3v) is 8.41. The zero-order valence-corrected chi connectivity index (χ0v) is 29.3. The van der Waals surface area contributed by atoms with E-state index in [0.717, 1.165) is 51.6 Å². The summed E-state index contributed by atoms with van der Waals surface area (Å²) < 4.78 is 12.3. The van der Waals surface area contributed by atoms with Crippen molar-refractivity contribution in [1.29, 1.82) is 0 Å². The van der Waals surface area contributed by atoms with Crippen molar-refractivity contribution >= 4 is 11.9 Å². The maximum atomic E-state index is 12.4. The molecule has 0 radical (unpaired) electrons. The summed E-state index contributed by atoms with van der Waals surface area (Å²) in [5, 5.41) is 0. The number of nitrogens with zero attached hydrogens (tertiary/aromatic N) is 2. The molecule has 0 saturated heterocycles. The third kappa shape index (κ3) is 29.0. The van der Waals surface area contributed by atoms with Gasteiger partial charge in [0, 0.05) is 12.8 Å². The van der Waals surface area contributed by atoms with Gasteiger partial charge < -0.3 is 18.4 Å². The van der Waals surface area contributed by atoms with Gasteiger partial charge in [0.2, 0.25) is 0 Å². The Bertz CT molecular complexity index is 582. The Hall–Kier alpha value is -1.14. The van der Waals surface area contributed by atoms with Gasteiger partial charge in [-0.1, -0.05) is 129 Å². The molecule has 0 saturated carbocycles.